The van der Waals surface area contributed by atoms with Gasteiger partial charge in [0.15, 0.2) is 4.80 Å². The van der Waals surface area contributed by atoms with Crippen molar-refractivity contribution in [2.45, 2.75) is 19.9 Å². The molecule has 1 amide bonds. The number of rotatable bonds is 8. The summed E-state index contributed by atoms with van der Waals surface area (Å²) in [7, 11) is 0. The summed E-state index contributed by atoms with van der Waals surface area (Å²) < 4.78 is 6.96. The highest BCUT2D eigenvalue weighted by atomic mass is 32.1. The standard InChI is InChI=1S/C29H23N5O8S/c1-3-42-20-11-9-18(10-12-20)25-24(27(36)31-19-7-5-4-6-8-19)16(2)30-29-32(25)28(37)23(43-29)15-17-13-21(33(38)39)26(35)22(14-17)34(40)41/h4-15,25,35H,3H2,1-2H3,(H,31,36)/b23-15-/t25-/m1/s1. The molecule has 218 valence electrons. The highest BCUT2D eigenvalue weighted by Crippen LogP contribution is 2.37. The fraction of sp³-hybridized carbons (Fsp3) is 0.138. The van der Waals surface area contributed by atoms with Crippen molar-refractivity contribution in [3.05, 3.63) is 129 Å². The zero-order valence-electron chi connectivity index (χ0n) is 22.7. The van der Waals surface area contributed by atoms with E-state index in [4.69, 9.17) is 4.74 Å². The number of aromatic hydroxyl groups is 1. The Morgan fingerprint density at radius 1 is 1.09 bits per heavy atom. The molecule has 0 spiro atoms. The van der Waals surface area contributed by atoms with Gasteiger partial charge in [-0.3, -0.25) is 34.4 Å². The molecule has 0 unspecified atom stereocenters. The lowest BCUT2D eigenvalue weighted by Gasteiger charge is -2.25. The molecule has 0 saturated heterocycles. The fourth-order valence-corrected chi connectivity index (χ4v) is 5.75. The molecular formula is C29H23N5O8S. The third kappa shape index (κ3) is 5.63. The smallest absolute Gasteiger partial charge is 0.318 e. The van der Waals surface area contributed by atoms with Crippen LogP contribution in [0.5, 0.6) is 11.5 Å². The molecule has 3 aromatic carbocycles. The van der Waals surface area contributed by atoms with E-state index in [9.17, 15) is 34.9 Å². The third-order valence-corrected chi connectivity index (χ3v) is 7.57. The number of nitrogens with zero attached hydrogens (tertiary/aromatic N) is 4. The summed E-state index contributed by atoms with van der Waals surface area (Å²) in [4.78, 5) is 53.3. The molecule has 0 fully saturated rings. The van der Waals surface area contributed by atoms with Crippen molar-refractivity contribution >= 4 is 40.4 Å². The van der Waals surface area contributed by atoms with Gasteiger partial charge in [-0.05, 0) is 55.3 Å². The largest absolute Gasteiger partial charge is 0.497 e. The minimum absolute atomic E-state index is 0.0446. The summed E-state index contributed by atoms with van der Waals surface area (Å²) in [5, 5.41) is 35.7. The maximum atomic E-state index is 13.9. The van der Waals surface area contributed by atoms with Gasteiger partial charge in [0.1, 0.15) is 5.75 Å². The lowest BCUT2D eigenvalue weighted by molar-refractivity contribution is -0.396. The summed E-state index contributed by atoms with van der Waals surface area (Å²) in [6.45, 7) is 3.96. The van der Waals surface area contributed by atoms with Crippen LogP contribution >= 0.6 is 11.3 Å². The van der Waals surface area contributed by atoms with Crippen molar-refractivity contribution in [1.29, 1.82) is 0 Å². The first kappa shape index (κ1) is 28.9. The molecule has 43 heavy (non-hydrogen) atoms. The first-order chi connectivity index (χ1) is 20.6. The van der Waals surface area contributed by atoms with Crippen LogP contribution in [0.1, 0.15) is 31.0 Å². The molecule has 1 aromatic heterocycles. The lowest BCUT2D eigenvalue weighted by Crippen LogP contribution is -2.40. The van der Waals surface area contributed by atoms with Crippen LogP contribution in [-0.2, 0) is 4.79 Å². The van der Waals surface area contributed by atoms with Gasteiger partial charge in [-0.2, -0.15) is 0 Å². The first-order valence-corrected chi connectivity index (χ1v) is 13.7. The van der Waals surface area contributed by atoms with Gasteiger partial charge >= 0.3 is 11.4 Å². The van der Waals surface area contributed by atoms with E-state index in [0.29, 0.717) is 29.3 Å². The maximum Gasteiger partial charge on any atom is 0.318 e. The number of hydrogen-bond donors (Lipinski definition) is 2. The normalized spacial score (nSPS) is 14.6. The Labute approximate surface area is 246 Å². The number of allylic oxidation sites excluding steroid dienone is 1. The van der Waals surface area contributed by atoms with Gasteiger partial charge < -0.3 is 15.2 Å². The molecule has 1 aliphatic heterocycles. The second-order valence-corrected chi connectivity index (χ2v) is 10.3. The number of hydrogen-bond acceptors (Lipinski definition) is 10. The summed E-state index contributed by atoms with van der Waals surface area (Å²) in [6.07, 6.45) is 1.25. The molecule has 0 bridgehead atoms. The number of para-hydroxylation sites is 1. The van der Waals surface area contributed by atoms with Gasteiger partial charge in [0.25, 0.3) is 17.2 Å². The predicted octanol–water partition coefficient (Wildman–Crippen LogP) is 3.79. The Bertz CT molecular complexity index is 1950. The molecule has 5 rings (SSSR count). The highest BCUT2D eigenvalue weighted by molar-refractivity contribution is 7.07. The van der Waals surface area contributed by atoms with Crippen molar-refractivity contribution in [2.75, 3.05) is 11.9 Å². The number of phenolic OH excluding ortho intramolecular Hbond substituents is 1. The molecule has 1 atom stereocenters. The molecular weight excluding hydrogens is 578 g/mol. The Hall–Kier alpha value is -5.63. The minimum atomic E-state index is -1.09. The van der Waals surface area contributed by atoms with Crippen LogP contribution in [0.15, 0.2) is 87.8 Å². The lowest BCUT2D eigenvalue weighted by atomic mass is 9.95. The van der Waals surface area contributed by atoms with Crippen LogP contribution < -0.4 is 24.9 Å². The predicted molar refractivity (Wildman–Crippen MR) is 158 cm³/mol. The Morgan fingerprint density at radius 3 is 2.30 bits per heavy atom. The quantitative estimate of drug-likeness (QED) is 0.226. The van der Waals surface area contributed by atoms with E-state index in [2.05, 4.69) is 10.3 Å². The van der Waals surface area contributed by atoms with Crippen molar-refractivity contribution in [3.63, 3.8) is 0 Å². The monoisotopic (exact) mass is 601 g/mol. The molecule has 4 aromatic rings. The summed E-state index contributed by atoms with van der Waals surface area (Å²) in [5.41, 5.74) is -0.632. The van der Waals surface area contributed by atoms with E-state index in [-0.39, 0.29) is 20.5 Å². The zero-order chi connectivity index (χ0) is 30.8. The van der Waals surface area contributed by atoms with E-state index in [1.165, 1.54) is 10.6 Å². The number of nitro groups is 2. The topological polar surface area (TPSA) is 179 Å². The second kappa shape index (κ2) is 11.7. The van der Waals surface area contributed by atoms with Gasteiger partial charge in [-0.1, -0.05) is 41.7 Å². The first-order valence-electron chi connectivity index (χ1n) is 12.9. The second-order valence-electron chi connectivity index (χ2n) is 9.33. The SMILES string of the molecule is CCOc1ccc([C@@H]2C(C(=O)Nc3ccccc3)=C(C)N=c3s/c(=C\c4cc([N+](=O)[O-])c(O)c([N+](=O)[O-])c4)c(=O)n32)cc1. The van der Waals surface area contributed by atoms with Crippen molar-refractivity contribution < 1.29 is 24.5 Å². The van der Waals surface area contributed by atoms with Crippen molar-refractivity contribution in [2.24, 2.45) is 4.99 Å². The fourth-order valence-electron chi connectivity index (χ4n) is 4.70. The Kier molecular flexibility index (Phi) is 7.86. The third-order valence-electron chi connectivity index (χ3n) is 6.59. The molecule has 2 heterocycles. The van der Waals surface area contributed by atoms with E-state index in [1.807, 2.05) is 13.0 Å². The van der Waals surface area contributed by atoms with Gasteiger partial charge in [0, 0.05) is 17.8 Å². The number of ether oxygens (including phenoxy) is 1. The van der Waals surface area contributed by atoms with Crippen LogP contribution in [0.2, 0.25) is 0 Å². The summed E-state index contributed by atoms with van der Waals surface area (Å²) in [5.74, 6) is -0.954. The number of carbonyl (C=O) groups is 1. The molecule has 0 aliphatic carbocycles. The molecule has 1 aliphatic rings. The van der Waals surface area contributed by atoms with Gasteiger partial charge in [-0.15, -0.1) is 0 Å². The van der Waals surface area contributed by atoms with E-state index in [1.54, 1.807) is 55.5 Å². The minimum Gasteiger partial charge on any atom is -0.497 e. The van der Waals surface area contributed by atoms with E-state index in [0.717, 1.165) is 23.5 Å². The number of thiazole rings is 1. The molecule has 13 nitrogen and oxygen atoms in total. The maximum absolute atomic E-state index is 13.9. The van der Waals surface area contributed by atoms with Gasteiger partial charge in [0.05, 0.1) is 38.3 Å². The van der Waals surface area contributed by atoms with Crippen molar-refractivity contribution in [1.82, 2.24) is 4.57 Å². The number of carbonyl (C=O) groups excluding carboxylic acids is 1. The van der Waals surface area contributed by atoms with Crippen LogP contribution in [-0.4, -0.2) is 32.0 Å². The van der Waals surface area contributed by atoms with Crippen LogP contribution in [0, 0.1) is 20.2 Å². The van der Waals surface area contributed by atoms with Crippen molar-refractivity contribution in [3.8, 4) is 11.5 Å². The van der Waals surface area contributed by atoms with Crippen LogP contribution in [0.3, 0.4) is 0 Å². The number of anilines is 1. The summed E-state index contributed by atoms with van der Waals surface area (Å²) in [6, 6.07) is 16.7. The summed E-state index contributed by atoms with van der Waals surface area (Å²) >= 11 is 0.956. The van der Waals surface area contributed by atoms with E-state index < -0.39 is 44.5 Å². The number of amides is 1. The number of benzene rings is 3. The van der Waals surface area contributed by atoms with Crippen LogP contribution in [0.25, 0.3) is 6.08 Å². The van der Waals surface area contributed by atoms with E-state index >= 15 is 0 Å². The number of nitrogens with one attached hydrogen (secondary N) is 1. The average Bonchev–Trinajstić information content (AvgIpc) is 3.27. The Balaban J connectivity index is 1.69. The van der Waals surface area contributed by atoms with Crippen LogP contribution in [0.4, 0.5) is 17.1 Å². The zero-order valence-corrected chi connectivity index (χ0v) is 23.5. The number of nitro benzene ring substituents is 2. The molecule has 14 heteroatoms. The highest BCUT2D eigenvalue weighted by Gasteiger charge is 2.33. The number of phenols is 1. The Morgan fingerprint density at radius 2 is 1.72 bits per heavy atom. The molecule has 0 radical (unpaired) electrons. The number of aromatic nitrogens is 1. The molecule has 0 saturated carbocycles. The molecule has 2 N–H and O–H groups in total. The van der Waals surface area contributed by atoms with Gasteiger partial charge in [0.2, 0.25) is 0 Å². The van der Waals surface area contributed by atoms with Gasteiger partial charge in [-0.25, -0.2) is 4.99 Å². The number of fused-ring (bicyclic) bond motifs is 1. The average molecular weight is 602 g/mol.